The van der Waals surface area contributed by atoms with Crippen molar-refractivity contribution in [3.8, 4) is 0 Å². The Kier molecular flexibility index (Phi) is 5.05. The number of amides is 1. The van der Waals surface area contributed by atoms with Crippen LogP contribution in [-0.2, 0) is 0 Å². The first-order valence-corrected chi connectivity index (χ1v) is 7.73. The van der Waals surface area contributed by atoms with Crippen LogP contribution in [0.25, 0.3) is 0 Å². The van der Waals surface area contributed by atoms with Crippen LogP contribution in [0.3, 0.4) is 0 Å². The van der Waals surface area contributed by atoms with Gasteiger partial charge in [0.05, 0.1) is 5.56 Å². The molecule has 1 amide bonds. The first-order valence-electron chi connectivity index (χ1n) is 7.73. The van der Waals surface area contributed by atoms with E-state index in [1.165, 1.54) is 18.4 Å². The van der Waals surface area contributed by atoms with Gasteiger partial charge in [0.1, 0.15) is 0 Å². The minimum Gasteiger partial charge on any atom is -0.387 e. The van der Waals surface area contributed by atoms with Gasteiger partial charge in [-0.2, -0.15) is 0 Å². The molecular formula is C17H26N2O. The summed E-state index contributed by atoms with van der Waals surface area (Å²) in [4.78, 5) is 14.8. The van der Waals surface area contributed by atoms with Gasteiger partial charge in [-0.15, -0.1) is 0 Å². The number of anilines is 1. The Morgan fingerprint density at radius 3 is 2.85 bits per heavy atom. The van der Waals surface area contributed by atoms with E-state index in [0.717, 1.165) is 43.1 Å². The second-order valence-electron chi connectivity index (χ2n) is 5.80. The highest BCUT2D eigenvalue weighted by molar-refractivity contribution is 5.99. The Labute approximate surface area is 122 Å². The fraction of sp³-hybridized carbons (Fsp3) is 0.588. The molecule has 0 radical (unpaired) electrons. The van der Waals surface area contributed by atoms with Gasteiger partial charge in [-0.1, -0.05) is 19.4 Å². The molecule has 1 aliphatic rings. The van der Waals surface area contributed by atoms with Gasteiger partial charge in [0.25, 0.3) is 5.91 Å². The molecule has 1 heterocycles. The summed E-state index contributed by atoms with van der Waals surface area (Å²) < 4.78 is 0. The van der Waals surface area contributed by atoms with Crippen molar-refractivity contribution in [1.82, 2.24) is 4.90 Å². The van der Waals surface area contributed by atoms with Crippen LogP contribution in [0.4, 0.5) is 5.69 Å². The highest BCUT2D eigenvalue weighted by Gasteiger charge is 2.22. The number of hydrogen-bond donors (Lipinski definition) is 1. The molecule has 3 nitrogen and oxygen atoms in total. The monoisotopic (exact) mass is 274 g/mol. The third-order valence-corrected chi connectivity index (χ3v) is 4.39. The van der Waals surface area contributed by atoms with Crippen LogP contribution in [0, 0.1) is 12.8 Å². The van der Waals surface area contributed by atoms with Crippen molar-refractivity contribution in [2.75, 3.05) is 25.5 Å². The van der Waals surface area contributed by atoms with Crippen LogP contribution in [0.1, 0.15) is 48.5 Å². The molecule has 1 unspecified atom stereocenters. The molecule has 3 heteroatoms. The summed E-state index contributed by atoms with van der Waals surface area (Å²) in [7, 11) is 1.88. The highest BCUT2D eigenvalue weighted by Crippen LogP contribution is 2.24. The molecule has 0 saturated carbocycles. The Bertz CT molecular complexity index is 470. The maximum Gasteiger partial charge on any atom is 0.255 e. The van der Waals surface area contributed by atoms with Crippen LogP contribution in [0.2, 0.25) is 0 Å². The predicted molar refractivity (Wildman–Crippen MR) is 84.3 cm³/mol. The maximum atomic E-state index is 12.7. The van der Waals surface area contributed by atoms with Crippen molar-refractivity contribution in [3.63, 3.8) is 0 Å². The molecule has 1 atom stereocenters. The fourth-order valence-corrected chi connectivity index (χ4v) is 3.00. The lowest BCUT2D eigenvalue weighted by Gasteiger charge is -2.22. The number of aryl methyl sites for hydroxylation is 1. The molecule has 2 rings (SSSR count). The number of rotatable bonds is 3. The van der Waals surface area contributed by atoms with Crippen molar-refractivity contribution >= 4 is 11.6 Å². The van der Waals surface area contributed by atoms with Crippen molar-refractivity contribution in [2.24, 2.45) is 5.92 Å². The van der Waals surface area contributed by atoms with Gasteiger partial charge >= 0.3 is 0 Å². The summed E-state index contributed by atoms with van der Waals surface area (Å²) in [6.07, 6.45) is 4.76. The summed E-state index contributed by atoms with van der Waals surface area (Å²) in [5, 5.41) is 3.14. The molecule has 0 aliphatic carbocycles. The SMILES string of the molecule is CCC1CCCN(C(=O)c2ccc(C)cc2NC)CC1. The van der Waals surface area contributed by atoms with Gasteiger partial charge < -0.3 is 10.2 Å². The molecule has 1 aliphatic heterocycles. The van der Waals surface area contributed by atoms with Gasteiger partial charge in [0, 0.05) is 25.8 Å². The van der Waals surface area contributed by atoms with Crippen molar-refractivity contribution in [1.29, 1.82) is 0 Å². The molecule has 1 N–H and O–H groups in total. The van der Waals surface area contributed by atoms with Gasteiger partial charge in [-0.3, -0.25) is 4.79 Å². The molecule has 1 saturated heterocycles. The van der Waals surface area contributed by atoms with E-state index < -0.39 is 0 Å². The highest BCUT2D eigenvalue weighted by atomic mass is 16.2. The van der Waals surface area contributed by atoms with E-state index in [1.807, 2.05) is 37.1 Å². The maximum absolute atomic E-state index is 12.7. The zero-order valence-electron chi connectivity index (χ0n) is 12.9. The number of likely N-dealkylation sites (tertiary alicyclic amines) is 1. The predicted octanol–water partition coefficient (Wildman–Crippen LogP) is 3.69. The molecule has 20 heavy (non-hydrogen) atoms. The number of carbonyl (C=O) groups is 1. The lowest BCUT2D eigenvalue weighted by Crippen LogP contribution is -2.32. The van der Waals surface area contributed by atoms with Gasteiger partial charge in [-0.05, 0) is 49.8 Å². The molecule has 0 bridgehead atoms. The summed E-state index contributed by atoms with van der Waals surface area (Å²) in [6, 6.07) is 6.01. The summed E-state index contributed by atoms with van der Waals surface area (Å²) in [5.41, 5.74) is 2.91. The van der Waals surface area contributed by atoms with E-state index in [2.05, 4.69) is 12.2 Å². The van der Waals surface area contributed by atoms with Crippen LogP contribution >= 0.6 is 0 Å². The van der Waals surface area contributed by atoms with E-state index in [4.69, 9.17) is 0 Å². The van der Waals surface area contributed by atoms with Gasteiger partial charge in [-0.25, -0.2) is 0 Å². The van der Waals surface area contributed by atoms with Gasteiger partial charge in [0.15, 0.2) is 0 Å². The molecule has 0 spiro atoms. The Morgan fingerprint density at radius 2 is 2.15 bits per heavy atom. The lowest BCUT2D eigenvalue weighted by molar-refractivity contribution is 0.0761. The van der Waals surface area contributed by atoms with Gasteiger partial charge in [0.2, 0.25) is 0 Å². The fourth-order valence-electron chi connectivity index (χ4n) is 3.00. The van der Waals surface area contributed by atoms with Crippen molar-refractivity contribution in [3.05, 3.63) is 29.3 Å². The zero-order chi connectivity index (χ0) is 14.5. The molecule has 1 fully saturated rings. The molecule has 110 valence electrons. The Balaban J connectivity index is 2.14. The summed E-state index contributed by atoms with van der Waals surface area (Å²) in [6.45, 7) is 6.09. The van der Waals surface area contributed by atoms with Crippen LogP contribution in [-0.4, -0.2) is 30.9 Å². The minimum absolute atomic E-state index is 0.172. The second-order valence-corrected chi connectivity index (χ2v) is 5.80. The molecular weight excluding hydrogens is 248 g/mol. The minimum atomic E-state index is 0.172. The number of benzene rings is 1. The Hall–Kier alpha value is -1.51. The van der Waals surface area contributed by atoms with E-state index >= 15 is 0 Å². The third-order valence-electron chi connectivity index (χ3n) is 4.39. The topological polar surface area (TPSA) is 32.3 Å². The first-order chi connectivity index (χ1) is 9.65. The smallest absolute Gasteiger partial charge is 0.255 e. The average Bonchev–Trinajstić information content (AvgIpc) is 2.71. The average molecular weight is 274 g/mol. The zero-order valence-corrected chi connectivity index (χ0v) is 12.9. The molecule has 0 aromatic heterocycles. The van der Waals surface area contributed by atoms with Crippen LogP contribution < -0.4 is 5.32 Å². The van der Waals surface area contributed by atoms with Crippen molar-refractivity contribution in [2.45, 2.75) is 39.5 Å². The number of nitrogens with zero attached hydrogens (tertiary/aromatic N) is 1. The van der Waals surface area contributed by atoms with Crippen molar-refractivity contribution < 1.29 is 4.79 Å². The molecule has 1 aromatic rings. The van der Waals surface area contributed by atoms with Crippen LogP contribution in [0.5, 0.6) is 0 Å². The summed E-state index contributed by atoms with van der Waals surface area (Å²) in [5.74, 6) is 0.959. The number of carbonyl (C=O) groups excluding carboxylic acids is 1. The van der Waals surface area contributed by atoms with E-state index in [9.17, 15) is 4.79 Å². The molecule has 1 aromatic carbocycles. The number of nitrogens with one attached hydrogen (secondary N) is 1. The van der Waals surface area contributed by atoms with Crippen LogP contribution in [0.15, 0.2) is 18.2 Å². The third kappa shape index (κ3) is 3.33. The van der Waals surface area contributed by atoms with E-state index in [0.29, 0.717) is 0 Å². The quantitative estimate of drug-likeness (QED) is 0.911. The normalized spacial score (nSPS) is 19.6. The van der Waals surface area contributed by atoms with E-state index in [1.54, 1.807) is 0 Å². The second kappa shape index (κ2) is 6.78. The summed E-state index contributed by atoms with van der Waals surface area (Å²) >= 11 is 0. The standard InChI is InChI=1S/C17H26N2O/c1-4-14-6-5-10-19(11-9-14)17(20)15-8-7-13(2)12-16(15)18-3/h7-8,12,14,18H,4-6,9-11H2,1-3H3. The number of hydrogen-bond acceptors (Lipinski definition) is 2. The van der Waals surface area contributed by atoms with E-state index in [-0.39, 0.29) is 5.91 Å². The largest absolute Gasteiger partial charge is 0.387 e. The first kappa shape index (κ1) is 14.9. The lowest BCUT2D eigenvalue weighted by atomic mass is 9.98. The Morgan fingerprint density at radius 1 is 1.35 bits per heavy atom.